The lowest BCUT2D eigenvalue weighted by Gasteiger charge is -2.33. The standard InChI is InChI=1S/C19H21ClN2O3S/c1-14-5-9-16(10-6-14)21-19(23)18-4-2-3-13-22(18)26(24,25)17-11-7-15(20)8-12-17/h5-12,18H,2-4,13H2,1H3,(H,21,23)/t18-/m0/s1. The van der Waals surface area contributed by atoms with E-state index in [0.717, 1.165) is 18.4 Å². The van der Waals surface area contributed by atoms with Crippen molar-refractivity contribution in [2.24, 2.45) is 0 Å². The molecule has 0 saturated carbocycles. The maximum Gasteiger partial charge on any atom is 0.243 e. The van der Waals surface area contributed by atoms with Crippen molar-refractivity contribution in [1.29, 1.82) is 0 Å². The fourth-order valence-electron chi connectivity index (χ4n) is 3.06. The Labute approximate surface area is 159 Å². The van der Waals surface area contributed by atoms with Crippen molar-refractivity contribution in [2.75, 3.05) is 11.9 Å². The molecule has 1 aliphatic rings. The predicted molar refractivity (Wildman–Crippen MR) is 103 cm³/mol. The highest BCUT2D eigenvalue weighted by molar-refractivity contribution is 7.89. The monoisotopic (exact) mass is 392 g/mol. The Kier molecular flexibility index (Phi) is 5.65. The summed E-state index contributed by atoms with van der Waals surface area (Å²) in [5.74, 6) is -0.300. The molecule has 5 nitrogen and oxygen atoms in total. The van der Waals surface area contributed by atoms with Crippen LogP contribution in [0.2, 0.25) is 5.02 Å². The van der Waals surface area contributed by atoms with Gasteiger partial charge in [-0.25, -0.2) is 8.42 Å². The summed E-state index contributed by atoms with van der Waals surface area (Å²) in [5.41, 5.74) is 1.75. The van der Waals surface area contributed by atoms with E-state index in [4.69, 9.17) is 11.6 Å². The van der Waals surface area contributed by atoms with Gasteiger partial charge in [0.15, 0.2) is 0 Å². The van der Waals surface area contributed by atoms with Crippen molar-refractivity contribution in [1.82, 2.24) is 4.31 Å². The van der Waals surface area contributed by atoms with Crippen LogP contribution < -0.4 is 5.32 Å². The first-order valence-corrected chi connectivity index (χ1v) is 10.3. The first-order valence-electron chi connectivity index (χ1n) is 8.53. The van der Waals surface area contributed by atoms with Crippen LogP contribution in [-0.4, -0.2) is 31.2 Å². The smallest absolute Gasteiger partial charge is 0.243 e. The first-order chi connectivity index (χ1) is 12.4. The summed E-state index contributed by atoms with van der Waals surface area (Å²) in [4.78, 5) is 12.9. The van der Waals surface area contributed by atoms with Crippen LogP contribution in [-0.2, 0) is 14.8 Å². The van der Waals surface area contributed by atoms with Gasteiger partial charge in [-0.05, 0) is 56.2 Å². The summed E-state index contributed by atoms with van der Waals surface area (Å²) in [6, 6.07) is 12.7. The molecule has 3 rings (SSSR count). The number of piperidine rings is 1. The van der Waals surface area contributed by atoms with Gasteiger partial charge in [0.2, 0.25) is 15.9 Å². The fraction of sp³-hybridized carbons (Fsp3) is 0.316. The Balaban J connectivity index is 1.83. The molecule has 1 fully saturated rings. The highest BCUT2D eigenvalue weighted by Crippen LogP contribution is 2.27. The van der Waals surface area contributed by atoms with E-state index in [0.29, 0.717) is 23.7 Å². The average molecular weight is 393 g/mol. The zero-order valence-corrected chi connectivity index (χ0v) is 16.1. The van der Waals surface area contributed by atoms with Crippen molar-refractivity contribution in [3.05, 3.63) is 59.1 Å². The second-order valence-corrected chi connectivity index (χ2v) is 8.76. The van der Waals surface area contributed by atoms with Gasteiger partial charge in [-0.3, -0.25) is 4.79 Å². The van der Waals surface area contributed by atoms with Crippen molar-refractivity contribution >= 4 is 33.2 Å². The fourth-order valence-corrected chi connectivity index (χ4v) is 4.84. The lowest BCUT2D eigenvalue weighted by molar-refractivity contribution is -0.120. The number of rotatable bonds is 4. The van der Waals surface area contributed by atoms with Crippen LogP contribution in [0.15, 0.2) is 53.4 Å². The Morgan fingerprint density at radius 2 is 1.73 bits per heavy atom. The number of hydrogen-bond donors (Lipinski definition) is 1. The van der Waals surface area contributed by atoms with E-state index in [1.54, 1.807) is 12.1 Å². The highest BCUT2D eigenvalue weighted by atomic mass is 35.5. The zero-order chi connectivity index (χ0) is 18.7. The van der Waals surface area contributed by atoms with Gasteiger partial charge >= 0.3 is 0 Å². The number of sulfonamides is 1. The normalized spacial score (nSPS) is 18.5. The van der Waals surface area contributed by atoms with E-state index in [1.165, 1.54) is 16.4 Å². The molecule has 2 aromatic rings. The van der Waals surface area contributed by atoms with Gasteiger partial charge in [0.25, 0.3) is 0 Å². The number of nitrogens with one attached hydrogen (secondary N) is 1. The van der Waals surface area contributed by atoms with Gasteiger partial charge in [0, 0.05) is 17.3 Å². The van der Waals surface area contributed by atoms with Crippen LogP contribution in [0, 0.1) is 6.92 Å². The maximum atomic E-state index is 13.0. The number of carbonyl (C=O) groups is 1. The molecule has 1 N–H and O–H groups in total. The quantitative estimate of drug-likeness (QED) is 0.859. The van der Waals surface area contributed by atoms with Crippen molar-refractivity contribution in [3.63, 3.8) is 0 Å². The van der Waals surface area contributed by atoms with Gasteiger partial charge in [-0.1, -0.05) is 35.7 Å². The van der Waals surface area contributed by atoms with Crippen LogP contribution in [0.3, 0.4) is 0 Å². The third kappa shape index (κ3) is 4.09. The van der Waals surface area contributed by atoms with Gasteiger partial charge in [0.05, 0.1) is 4.90 Å². The molecule has 7 heteroatoms. The van der Waals surface area contributed by atoms with Gasteiger partial charge < -0.3 is 5.32 Å². The molecular formula is C19H21ClN2O3S. The average Bonchev–Trinajstić information content (AvgIpc) is 2.64. The number of hydrogen-bond acceptors (Lipinski definition) is 3. The lowest BCUT2D eigenvalue weighted by atomic mass is 10.0. The van der Waals surface area contributed by atoms with E-state index >= 15 is 0 Å². The molecule has 138 valence electrons. The largest absolute Gasteiger partial charge is 0.325 e. The van der Waals surface area contributed by atoms with Crippen molar-refractivity contribution < 1.29 is 13.2 Å². The Bertz CT molecular complexity index is 880. The number of benzene rings is 2. The molecule has 0 aliphatic carbocycles. The molecule has 26 heavy (non-hydrogen) atoms. The number of aryl methyl sites for hydroxylation is 1. The van der Waals surface area contributed by atoms with E-state index in [9.17, 15) is 13.2 Å². The second kappa shape index (κ2) is 7.78. The SMILES string of the molecule is Cc1ccc(NC(=O)[C@@H]2CCCCN2S(=O)(=O)c2ccc(Cl)cc2)cc1. The van der Waals surface area contributed by atoms with Crippen LogP contribution in [0.25, 0.3) is 0 Å². The molecule has 1 aliphatic heterocycles. The van der Waals surface area contributed by atoms with E-state index in [-0.39, 0.29) is 10.8 Å². The molecule has 1 amide bonds. The first kappa shape index (κ1) is 18.9. The topological polar surface area (TPSA) is 66.5 Å². The number of amides is 1. The van der Waals surface area contributed by atoms with Crippen LogP contribution in [0.5, 0.6) is 0 Å². The highest BCUT2D eigenvalue weighted by Gasteiger charge is 2.37. The Morgan fingerprint density at radius 3 is 2.38 bits per heavy atom. The lowest BCUT2D eigenvalue weighted by Crippen LogP contribution is -2.49. The van der Waals surface area contributed by atoms with E-state index in [1.807, 2.05) is 31.2 Å². The molecular weight excluding hydrogens is 372 g/mol. The molecule has 2 aromatic carbocycles. The van der Waals surface area contributed by atoms with Crippen LogP contribution in [0.4, 0.5) is 5.69 Å². The molecule has 0 radical (unpaired) electrons. The third-order valence-corrected chi connectivity index (χ3v) is 6.67. The number of halogens is 1. The van der Waals surface area contributed by atoms with Gasteiger partial charge in [-0.15, -0.1) is 0 Å². The number of anilines is 1. The van der Waals surface area contributed by atoms with Crippen LogP contribution in [0.1, 0.15) is 24.8 Å². The zero-order valence-electron chi connectivity index (χ0n) is 14.5. The summed E-state index contributed by atoms with van der Waals surface area (Å²) >= 11 is 5.86. The minimum Gasteiger partial charge on any atom is -0.325 e. The minimum absolute atomic E-state index is 0.150. The third-order valence-electron chi connectivity index (χ3n) is 4.50. The molecule has 0 unspecified atom stereocenters. The number of carbonyl (C=O) groups excluding carboxylic acids is 1. The molecule has 0 spiro atoms. The molecule has 0 aromatic heterocycles. The summed E-state index contributed by atoms with van der Waals surface area (Å²) < 4.78 is 27.3. The Hall–Kier alpha value is -1.89. The van der Waals surface area contributed by atoms with E-state index in [2.05, 4.69) is 5.32 Å². The molecule has 1 heterocycles. The van der Waals surface area contributed by atoms with Gasteiger partial charge in [0.1, 0.15) is 6.04 Å². The summed E-state index contributed by atoms with van der Waals surface area (Å²) in [6.07, 6.45) is 2.06. The second-order valence-electron chi connectivity index (χ2n) is 6.44. The molecule has 1 saturated heterocycles. The summed E-state index contributed by atoms with van der Waals surface area (Å²) in [7, 11) is -3.76. The number of nitrogens with zero attached hydrogens (tertiary/aromatic N) is 1. The summed E-state index contributed by atoms with van der Waals surface area (Å²) in [5, 5.41) is 3.30. The van der Waals surface area contributed by atoms with Crippen molar-refractivity contribution in [2.45, 2.75) is 37.1 Å². The summed E-state index contributed by atoms with van der Waals surface area (Å²) in [6.45, 7) is 2.30. The van der Waals surface area contributed by atoms with Crippen molar-refractivity contribution in [3.8, 4) is 0 Å². The molecule has 1 atom stereocenters. The minimum atomic E-state index is -3.76. The Morgan fingerprint density at radius 1 is 1.08 bits per heavy atom. The van der Waals surface area contributed by atoms with E-state index < -0.39 is 16.1 Å². The maximum absolute atomic E-state index is 13.0. The molecule has 0 bridgehead atoms. The predicted octanol–water partition coefficient (Wildman–Crippen LogP) is 3.83. The van der Waals surface area contributed by atoms with Gasteiger partial charge in [-0.2, -0.15) is 4.31 Å². The van der Waals surface area contributed by atoms with Crippen LogP contribution >= 0.6 is 11.6 Å².